The van der Waals surface area contributed by atoms with E-state index in [1.807, 2.05) is 31.2 Å². The lowest BCUT2D eigenvalue weighted by Crippen LogP contribution is -2.36. The summed E-state index contributed by atoms with van der Waals surface area (Å²) in [6.07, 6.45) is 0. The minimum absolute atomic E-state index is 0.176. The second-order valence-corrected chi connectivity index (χ2v) is 4.70. The molecule has 0 aliphatic carbocycles. The quantitative estimate of drug-likeness (QED) is 0.630. The summed E-state index contributed by atoms with van der Waals surface area (Å²) < 4.78 is 2.34. The predicted octanol–water partition coefficient (Wildman–Crippen LogP) is 0.126. The van der Waals surface area contributed by atoms with Crippen LogP contribution in [0.25, 0.3) is 16.9 Å². The van der Waals surface area contributed by atoms with Crippen molar-refractivity contribution in [2.45, 2.75) is 6.92 Å². The molecule has 0 bridgehead atoms. The molecule has 7 heteroatoms. The Labute approximate surface area is 113 Å². The number of hydrogen-bond donors (Lipinski definition) is 0. The third kappa shape index (κ3) is 1.67. The van der Waals surface area contributed by atoms with Crippen LogP contribution in [0.4, 0.5) is 0 Å². The van der Waals surface area contributed by atoms with Crippen LogP contribution in [0.3, 0.4) is 0 Å². The molecule has 0 spiro atoms. The van der Waals surface area contributed by atoms with E-state index in [0.717, 1.165) is 15.8 Å². The van der Waals surface area contributed by atoms with Gasteiger partial charge < -0.3 is 0 Å². The van der Waals surface area contributed by atoms with Gasteiger partial charge in [0.25, 0.3) is 5.56 Å². The number of rotatable bonds is 1. The van der Waals surface area contributed by atoms with Crippen LogP contribution in [0.1, 0.15) is 5.56 Å². The molecule has 0 unspecified atom stereocenters. The standard InChI is InChI=1S/C13H13N5O2/c1-8-4-6-9(7-5-8)18-14-10-11(15-18)16(2)13(20)17(3)12(10)19/h4-7H,1-3H3. The van der Waals surface area contributed by atoms with Crippen LogP contribution in [-0.2, 0) is 14.1 Å². The Hall–Kier alpha value is -2.70. The molecule has 0 fully saturated rings. The zero-order valence-electron chi connectivity index (χ0n) is 11.4. The first-order chi connectivity index (χ1) is 9.49. The van der Waals surface area contributed by atoms with Crippen LogP contribution in [0.15, 0.2) is 33.9 Å². The van der Waals surface area contributed by atoms with Gasteiger partial charge in [0.2, 0.25) is 0 Å². The van der Waals surface area contributed by atoms with E-state index >= 15 is 0 Å². The Morgan fingerprint density at radius 3 is 2.25 bits per heavy atom. The molecule has 2 heterocycles. The fraction of sp³-hybridized carbons (Fsp3) is 0.231. The minimum Gasteiger partial charge on any atom is -0.278 e. The van der Waals surface area contributed by atoms with E-state index in [9.17, 15) is 9.59 Å². The van der Waals surface area contributed by atoms with Crippen LogP contribution in [0.5, 0.6) is 0 Å². The third-order valence-corrected chi connectivity index (χ3v) is 3.26. The molecule has 3 aromatic rings. The molecule has 0 saturated carbocycles. The molecule has 0 amide bonds. The second-order valence-electron chi connectivity index (χ2n) is 4.70. The third-order valence-electron chi connectivity index (χ3n) is 3.26. The smallest absolute Gasteiger partial charge is 0.278 e. The number of hydrogen-bond acceptors (Lipinski definition) is 4. The van der Waals surface area contributed by atoms with Gasteiger partial charge in [0.1, 0.15) is 0 Å². The maximum Gasteiger partial charge on any atom is 0.332 e. The van der Waals surface area contributed by atoms with Crippen LogP contribution >= 0.6 is 0 Å². The summed E-state index contributed by atoms with van der Waals surface area (Å²) in [5.41, 5.74) is 1.45. The topological polar surface area (TPSA) is 74.7 Å². The van der Waals surface area contributed by atoms with Gasteiger partial charge in [-0.3, -0.25) is 13.9 Å². The largest absolute Gasteiger partial charge is 0.332 e. The van der Waals surface area contributed by atoms with Crippen molar-refractivity contribution in [1.82, 2.24) is 24.1 Å². The van der Waals surface area contributed by atoms with Gasteiger partial charge in [-0.05, 0) is 19.1 Å². The average molecular weight is 271 g/mol. The average Bonchev–Trinajstić information content (AvgIpc) is 2.89. The van der Waals surface area contributed by atoms with Crippen molar-refractivity contribution in [3.05, 3.63) is 50.7 Å². The number of benzene rings is 1. The van der Waals surface area contributed by atoms with Crippen molar-refractivity contribution in [2.75, 3.05) is 0 Å². The number of aromatic nitrogens is 5. The molecule has 1 aromatic carbocycles. The van der Waals surface area contributed by atoms with Gasteiger partial charge in [-0.25, -0.2) is 4.79 Å². The van der Waals surface area contributed by atoms with Crippen molar-refractivity contribution >= 4 is 11.2 Å². The fourth-order valence-electron chi connectivity index (χ4n) is 2.02. The lowest BCUT2D eigenvalue weighted by atomic mass is 10.2. The molecule has 2 aromatic heterocycles. The van der Waals surface area contributed by atoms with Crippen molar-refractivity contribution in [1.29, 1.82) is 0 Å². The van der Waals surface area contributed by atoms with Gasteiger partial charge in [-0.1, -0.05) is 17.7 Å². The molecule has 0 saturated heterocycles. The Balaban J connectivity index is 2.34. The first-order valence-corrected chi connectivity index (χ1v) is 6.09. The highest BCUT2D eigenvalue weighted by molar-refractivity contribution is 5.68. The molecule has 3 rings (SSSR count). The van der Waals surface area contributed by atoms with Crippen molar-refractivity contribution < 1.29 is 0 Å². The summed E-state index contributed by atoms with van der Waals surface area (Å²) in [6, 6.07) is 7.58. The van der Waals surface area contributed by atoms with Crippen molar-refractivity contribution in [3.8, 4) is 5.69 Å². The van der Waals surface area contributed by atoms with Crippen LogP contribution in [0, 0.1) is 6.92 Å². The molecule has 0 radical (unpaired) electrons. The normalized spacial score (nSPS) is 11.2. The summed E-state index contributed by atoms with van der Waals surface area (Å²) in [5.74, 6) is 0. The van der Waals surface area contributed by atoms with Crippen LogP contribution in [0.2, 0.25) is 0 Å². The fourth-order valence-corrected chi connectivity index (χ4v) is 2.02. The maximum atomic E-state index is 12.0. The lowest BCUT2D eigenvalue weighted by molar-refractivity contribution is 0.705. The van der Waals surface area contributed by atoms with Gasteiger partial charge in [0.15, 0.2) is 11.2 Å². The second kappa shape index (κ2) is 4.16. The van der Waals surface area contributed by atoms with Crippen LogP contribution < -0.4 is 11.2 Å². The monoisotopic (exact) mass is 271 g/mol. The Morgan fingerprint density at radius 1 is 0.950 bits per heavy atom. The molecular formula is C13H13N5O2. The molecule has 0 atom stereocenters. The van der Waals surface area contributed by atoms with E-state index in [-0.39, 0.29) is 11.2 Å². The predicted molar refractivity (Wildman–Crippen MR) is 74.1 cm³/mol. The Bertz CT molecular complexity index is 915. The number of fused-ring (bicyclic) bond motifs is 1. The summed E-state index contributed by atoms with van der Waals surface area (Å²) in [5, 5.41) is 8.42. The molecule has 7 nitrogen and oxygen atoms in total. The minimum atomic E-state index is -0.443. The highest BCUT2D eigenvalue weighted by atomic mass is 16.2. The van der Waals surface area contributed by atoms with E-state index in [4.69, 9.17) is 0 Å². The first kappa shape index (κ1) is 12.3. The Kier molecular flexibility index (Phi) is 2.56. The van der Waals surface area contributed by atoms with E-state index < -0.39 is 11.2 Å². The van der Waals surface area contributed by atoms with Crippen LogP contribution in [-0.4, -0.2) is 24.1 Å². The van der Waals surface area contributed by atoms with E-state index in [1.54, 1.807) is 7.05 Å². The van der Waals surface area contributed by atoms with Crippen molar-refractivity contribution in [3.63, 3.8) is 0 Å². The maximum absolute atomic E-state index is 12.0. The zero-order chi connectivity index (χ0) is 14.4. The number of nitrogens with zero attached hydrogens (tertiary/aromatic N) is 5. The number of aryl methyl sites for hydroxylation is 2. The molecule has 0 aliphatic rings. The first-order valence-electron chi connectivity index (χ1n) is 6.09. The summed E-state index contributed by atoms with van der Waals surface area (Å²) in [6.45, 7) is 1.98. The highest BCUT2D eigenvalue weighted by Gasteiger charge is 2.14. The molecule has 0 aliphatic heterocycles. The van der Waals surface area contributed by atoms with Crippen molar-refractivity contribution in [2.24, 2.45) is 14.1 Å². The summed E-state index contributed by atoms with van der Waals surface area (Å²) in [4.78, 5) is 25.2. The molecule has 0 N–H and O–H groups in total. The van der Waals surface area contributed by atoms with Gasteiger partial charge in [-0.2, -0.15) is 0 Å². The molecule has 20 heavy (non-hydrogen) atoms. The highest BCUT2D eigenvalue weighted by Crippen LogP contribution is 2.09. The summed E-state index contributed by atoms with van der Waals surface area (Å²) in [7, 11) is 2.99. The summed E-state index contributed by atoms with van der Waals surface area (Å²) >= 11 is 0. The molecule has 102 valence electrons. The van der Waals surface area contributed by atoms with Gasteiger partial charge in [0, 0.05) is 14.1 Å². The lowest BCUT2D eigenvalue weighted by Gasteiger charge is -2.00. The van der Waals surface area contributed by atoms with E-state index in [2.05, 4.69) is 10.2 Å². The SMILES string of the molecule is Cc1ccc(-n2nc3c(=O)n(C)c(=O)n(C)c3n2)cc1. The van der Waals surface area contributed by atoms with E-state index in [0.29, 0.717) is 0 Å². The van der Waals surface area contributed by atoms with E-state index in [1.165, 1.54) is 16.4 Å². The van der Waals surface area contributed by atoms with Gasteiger partial charge >= 0.3 is 5.69 Å². The van der Waals surface area contributed by atoms with Gasteiger partial charge in [-0.15, -0.1) is 15.0 Å². The molecular weight excluding hydrogens is 258 g/mol. The Morgan fingerprint density at radius 2 is 1.60 bits per heavy atom. The zero-order valence-corrected chi connectivity index (χ0v) is 11.4. The van der Waals surface area contributed by atoms with Gasteiger partial charge in [0.05, 0.1) is 5.69 Å².